The van der Waals surface area contributed by atoms with Crippen LogP contribution in [0.2, 0.25) is 5.02 Å². The van der Waals surface area contributed by atoms with Crippen molar-refractivity contribution < 1.29 is 0 Å². The Hall–Kier alpha value is -2.60. The number of hydrogen-bond donors (Lipinski definition) is 1. The number of rotatable bonds is 1. The molecular weight excluding hydrogens is 304 g/mol. The van der Waals surface area contributed by atoms with Gasteiger partial charge in [-0.05, 0) is 42.5 Å². The average molecular weight is 311 g/mol. The van der Waals surface area contributed by atoms with Crippen LogP contribution < -0.4 is 0 Å². The topological polar surface area (TPSA) is 68.3 Å². The number of H-pyrrole nitrogens is 1. The molecule has 1 heterocycles. The molecule has 0 aliphatic carbocycles. The van der Waals surface area contributed by atoms with E-state index in [0.29, 0.717) is 26.6 Å². The standard InChI is InChI=1S/C15H7ClN4S/c16-12-2-1-3-13-14(12)19-15(21)20(13)11-5-4-9(7-17)10(6-11)8-18/h1-6H,(H,19,21). The highest BCUT2D eigenvalue weighted by Gasteiger charge is 2.11. The van der Waals surface area contributed by atoms with Gasteiger partial charge in [-0.25, -0.2) is 0 Å². The first kappa shape index (κ1) is 13.4. The van der Waals surface area contributed by atoms with Gasteiger partial charge in [-0.3, -0.25) is 4.57 Å². The van der Waals surface area contributed by atoms with Crippen molar-refractivity contribution in [3.05, 3.63) is 57.3 Å². The first-order chi connectivity index (χ1) is 10.2. The van der Waals surface area contributed by atoms with Gasteiger partial charge in [0.05, 0.1) is 27.2 Å². The number of nitrogens with zero attached hydrogens (tertiary/aromatic N) is 3. The van der Waals surface area contributed by atoms with Gasteiger partial charge in [0.15, 0.2) is 4.77 Å². The van der Waals surface area contributed by atoms with Crippen molar-refractivity contribution >= 4 is 34.9 Å². The van der Waals surface area contributed by atoms with Gasteiger partial charge in [0.2, 0.25) is 0 Å². The van der Waals surface area contributed by atoms with Gasteiger partial charge in [0.25, 0.3) is 0 Å². The lowest BCUT2D eigenvalue weighted by atomic mass is 10.1. The molecule has 21 heavy (non-hydrogen) atoms. The zero-order chi connectivity index (χ0) is 15.0. The molecule has 0 saturated carbocycles. The number of aromatic nitrogens is 2. The van der Waals surface area contributed by atoms with E-state index >= 15 is 0 Å². The summed E-state index contributed by atoms with van der Waals surface area (Å²) in [6.07, 6.45) is 0. The van der Waals surface area contributed by atoms with Crippen LogP contribution in [0.3, 0.4) is 0 Å². The Morgan fingerprint density at radius 2 is 1.86 bits per heavy atom. The molecule has 0 radical (unpaired) electrons. The SMILES string of the molecule is N#Cc1ccc(-n2c(=S)[nH]c3c(Cl)cccc32)cc1C#N. The molecule has 2 aromatic carbocycles. The third-order valence-corrected chi connectivity index (χ3v) is 3.77. The molecule has 4 nitrogen and oxygen atoms in total. The number of fused-ring (bicyclic) bond motifs is 1. The van der Waals surface area contributed by atoms with Gasteiger partial charge in [-0.1, -0.05) is 17.7 Å². The fraction of sp³-hybridized carbons (Fsp3) is 0. The van der Waals surface area contributed by atoms with E-state index in [4.69, 9.17) is 34.3 Å². The summed E-state index contributed by atoms with van der Waals surface area (Å²) in [5.41, 5.74) is 2.93. The summed E-state index contributed by atoms with van der Waals surface area (Å²) in [6, 6.07) is 14.5. The molecule has 0 amide bonds. The maximum Gasteiger partial charge on any atom is 0.182 e. The number of nitriles is 2. The molecule has 0 bridgehead atoms. The molecular formula is C15H7ClN4S. The lowest BCUT2D eigenvalue weighted by molar-refractivity contribution is 1.06. The maximum atomic E-state index is 9.13. The Labute approximate surface area is 130 Å². The first-order valence-corrected chi connectivity index (χ1v) is 6.78. The summed E-state index contributed by atoms with van der Waals surface area (Å²) >= 11 is 11.5. The molecule has 3 rings (SSSR count). The minimum Gasteiger partial charge on any atom is -0.329 e. The number of para-hydroxylation sites is 1. The number of aromatic amines is 1. The van der Waals surface area contributed by atoms with Gasteiger partial charge in [0, 0.05) is 5.69 Å². The van der Waals surface area contributed by atoms with Crippen LogP contribution in [0.5, 0.6) is 0 Å². The van der Waals surface area contributed by atoms with E-state index in [1.165, 1.54) is 0 Å². The summed E-state index contributed by atoms with van der Waals surface area (Å²) in [4.78, 5) is 3.06. The minimum atomic E-state index is 0.313. The van der Waals surface area contributed by atoms with Gasteiger partial charge in [-0.15, -0.1) is 0 Å². The van der Waals surface area contributed by atoms with Crippen LogP contribution in [-0.2, 0) is 0 Å². The molecule has 0 aliphatic rings. The fourth-order valence-corrected chi connectivity index (χ4v) is 2.74. The Balaban J connectivity index is 2.35. The summed E-state index contributed by atoms with van der Waals surface area (Å²) in [5, 5.41) is 18.7. The number of benzene rings is 2. The van der Waals surface area contributed by atoms with E-state index < -0.39 is 0 Å². The number of nitrogens with one attached hydrogen (secondary N) is 1. The molecule has 0 atom stereocenters. The Bertz CT molecular complexity index is 1000. The highest BCUT2D eigenvalue weighted by Crippen LogP contribution is 2.26. The first-order valence-electron chi connectivity index (χ1n) is 5.99. The molecule has 100 valence electrons. The van der Waals surface area contributed by atoms with Crippen LogP contribution in [0.1, 0.15) is 11.1 Å². The van der Waals surface area contributed by atoms with Crippen molar-refractivity contribution in [1.82, 2.24) is 9.55 Å². The van der Waals surface area contributed by atoms with Gasteiger partial charge in [0.1, 0.15) is 12.1 Å². The van der Waals surface area contributed by atoms with Crippen LogP contribution in [0.25, 0.3) is 16.7 Å². The van der Waals surface area contributed by atoms with Gasteiger partial charge in [-0.2, -0.15) is 10.5 Å². The minimum absolute atomic E-state index is 0.313. The predicted octanol–water partition coefficient (Wildman–Crippen LogP) is 4.08. The van der Waals surface area contributed by atoms with E-state index in [1.807, 2.05) is 24.3 Å². The predicted molar refractivity (Wildman–Crippen MR) is 82.9 cm³/mol. The highest BCUT2D eigenvalue weighted by atomic mass is 35.5. The second kappa shape index (κ2) is 5.06. The zero-order valence-corrected chi connectivity index (χ0v) is 12.2. The lowest BCUT2D eigenvalue weighted by Gasteiger charge is -2.06. The third-order valence-electron chi connectivity index (χ3n) is 3.17. The molecule has 0 unspecified atom stereocenters. The van der Waals surface area contributed by atoms with E-state index in [0.717, 1.165) is 11.0 Å². The van der Waals surface area contributed by atoms with Gasteiger partial charge >= 0.3 is 0 Å². The Morgan fingerprint density at radius 3 is 2.57 bits per heavy atom. The molecule has 0 saturated heterocycles. The third kappa shape index (κ3) is 2.09. The lowest BCUT2D eigenvalue weighted by Crippen LogP contribution is -1.96. The molecule has 6 heteroatoms. The summed E-state index contributed by atoms with van der Waals surface area (Å²) in [5.74, 6) is 0. The van der Waals surface area contributed by atoms with E-state index in [1.54, 1.807) is 28.8 Å². The quantitative estimate of drug-likeness (QED) is 0.688. The van der Waals surface area contributed by atoms with Crippen molar-refractivity contribution in [1.29, 1.82) is 10.5 Å². The van der Waals surface area contributed by atoms with Crippen LogP contribution in [0.4, 0.5) is 0 Å². The van der Waals surface area contributed by atoms with Crippen molar-refractivity contribution in [3.63, 3.8) is 0 Å². The largest absolute Gasteiger partial charge is 0.329 e. The monoisotopic (exact) mass is 310 g/mol. The van der Waals surface area contributed by atoms with Crippen molar-refractivity contribution in [2.45, 2.75) is 0 Å². The molecule has 3 aromatic rings. The van der Waals surface area contributed by atoms with Crippen LogP contribution in [0, 0.1) is 27.4 Å². The second-order valence-corrected chi connectivity index (χ2v) is 5.15. The van der Waals surface area contributed by atoms with E-state index in [9.17, 15) is 0 Å². The molecule has 1 aromatic heterocycles. The average Bonchev–Trinajstić information content (AvgIpc) is 2.84. The smallest absolute Gasteiger partial charge is 0.182 e. The zero-order valence-electron chi connectivity index (χ0n) is 10.6. The van der Waals surface area contributed by atoms with Crippen LogP contribution in [0.15, 0.2) is 36.4 Å². The number of imidazole rings is 1. The van der Waals surface area contributed by atoms with Gasteiger partial charge < -0.3 is 4.98 Å². The second-order valence-electron chi connectivity index (χ2n) is 4.35. The Morgan fingerprint density at radius 1 is 1.10 bits per heavy atom. The summed E-state index contributed by atoms with van der Waals surface area (Å²) < 4.78 is 2.27. The van der Waals surface area contributed by atoms with Crippen molar-refractivity contribution in [3.8, 4) is 17.8 Å². The van der Waals surface area contributed by atoms with E-state index in [-0.39, 0.29) is 0 Å². The molecule has 1 N–H and O–H groups in total. The van der Waals surface area contributed by atoms with E-state index in [2.05, 4.69) is 4.98 Å². The van der Waals surface area contributed by atoms with Crippen LogP contribution >= 0.6 is 23.8 Å². The number of halogens is 1. The molecule has 0 fully saturated rings. The van der Waals surface area contributed by atoms with Crippen molar-refractivity contribution in [2.24, 2.45) is 0 Å². The molecule has 0 aliphatic heterocycles. The Kier molecular flexibility index (Phi) is 3.23. The summed E-state index contributed by atoms with van der Waals surface area (Å²) in [6.45, 7) is 0. The number of hydrogen-bond acceptors (Lipinski definition) is 3. The van der Waals surface area contributed by atoms with Crippen LogP contribution in [-0.4, -0.2) is 9.55 Å². The molecule has 0 spiro atoms. The summed E-state index contributed by atoms with van der Waals surface area (Å²) in [7, 11) is 0. The highest BCUT2D eigenvalue weighted by molar-refractivity contribution is 7.71. The normalized spacial score (nSPS) is 10.2. The van der Waals surface area contributed by atoms with Crippen molar-refractivity contribution in [2.75, 3.05) is 0 Å². The fourth-order valence-electron chi connectivity index (χ4n) is 2.21. The maximum absolute atomic E-state index is 9.13.